The Balaban J connectivity index is 1.98. The van der Waals surface area contributed by atoms with E-state index in [-0.39, 0.29) is 16.2 Å². The number of anilines is 1. The van der Waals surface area contributed by atoms with E-state index in [1.165, 1.54) is 29.6 Å². The molecule has 9 heteroatoms. The summed E-state index contributed by atoms with van der Waals surface area (Å²) in [5.74, 6) is -1.59. The summed E-state index contributed by atoms with van der Waals surface area (Å²) >= 11 is 0. The van der Waals surface area contributed by atoms with Gasteiger partial charge in [-0.1, -0.05) is 18.2 Å². The highest BCUT2D eigenvalue weighted by Gasteiger charge is 2.31. The lowest BCUT2D eigenvalue weighted by molar-refractivity contribution is -0.121. The predicted molar refractivity (Wildman–Crippen MR) is 97.1 cm³/mol. The summed E-state index contributed by atoms with van der Waals surface area (Å²) in [5, 5.41) is 0. The van der Waals surface area contributed by atoms with Gasteiger partial charge in [0.2, 0.25) is 0 Å². The summed E-state index contributed by atoms with van der Waals surface area (Å²) in [6.07, 6.45) is 0.610. The number of rotatable bonds is 6. The SMILES string of the molecule is COc1ccc(S(=O)(=O)N2CCc3ccccc32)cc1C(=O)OCC(N)=O. The van der Waals surface area contributed by atoms with E-state index in [2.05, 4.69) is 0 Å². The molecule has 0 unspecified atom stereocenters. The Morgan fingerprint density at radius 3 is 2.63 bits per heavy atom. The molecule has 0 spiro atoms. The molecule has 1 aliphatic heterocycles. The van der Waals surface area contributed by atoms with E-state index in [9.17, 15) is 18.0 Å². The van der Waals surface area contributed by atoms with E-state index < -0.39 is 28.5 Å². The minimum atomic E-state index is -3.89. The van der Waals surface area contributed by atoms with Crippen LogP contribution in [0.4, 0.5) is 5.69 Å². The molecule has 0 bridgehead atoms. The number of fused-ring (bicyclic) bond motifs is 1. The number of nitrogens with two attached hydrogens (primary N) is 1. The number of hydrogen-bond donors (Lipinski definition) is 1. The number of esters is 1. The van der Waals surface area contributed by atoms with Crippen LogP contribution in [-0.4, -0.2) is 40.6 Å². The van der Waals surface area contributed by atoms with Crippen molar-refractivity contribution in [2.75, 3.05) is 24.6 Å². The van der Waals surface area contributed by atoms with E-state index in [0.717, 1.165) is 5.56 Å². The first kappa shape index (κ1) is 18.7. The minimum Gasteiger partial charge on any atom is -0.496 e. The molecule has 0 fully saturated rings. The average molecular weight is 390 g/mol. The van der Waals surface area contributed by atoms with Gasteiger partial charge in [0.1, 0.15) is 11.3 Å². The molecule has 0 radical (unpaired) electrons. The fourth-order valence-corrected chi connectivity index (χ4v) is 4.44. The zero-order chi connectivity index (χ0) is 19.6. The third-order valence-corrected chi connectivity index (χ3v) is 5.98. The molecule has 1 heterocycles. The average Bonchev–Trinajstić information content (AvgIpc) is 3.10. The highest BCUT2D eigenvalue weighted by Crippen LogP contribution is 2.34. The molecule has 1 aliphatic rings. The number of primary amides is 1. The summed E-state index contributed by atoms with van der Waals surface area (Å²) in [5.41, 5.74) is 6.42. The first-order valence-corrected chi connectivity index (χ1v) is 9.52. The van der Waals surface area contributed by atoms with Gasteiger partial charge in [0.05, 0.1) is 17.7 Å². The standard InChI is InChI=1S/C18H18N2O6S/c1-25-16-7-6-13(10-14(16)18(22)26-11-17(19)21)27(23,24)20-9-8-12-4-2-3-5-15(12)20/h2-7,10H,8-9,11H2,1H3,(H2,19,21). The number of nitrogens with zero attached hydrogens (tertiary/aromatic N) is 1. The van der Waals surface area contributed by atoms with E-state index in [0.29, 0.717) is 18.7 Å². The molecule has 0 aliphatic carbocycles. The van der Waals surface area contributed by atoms with Gasteiger partial charge in [0, 0.05) is 6.54 Å². The summed E-state index contributed by atoms with van der Waals surface area (Å²) in [6.45, 7) is -0.298. The molecule has 0 saturated heterocycles. The molecule has 0 atom stereocenters. The Labute approximate surface area is 156 Å². The van der Waals surface area contributed by atoms with Crippen molar-refractivity contribution in [3.8, 4) is 5.75 Å². The van der Waals surface area contributed by atoms with Gasteiger partial charge in [0.15, 0.2) is 6.61 Å². The van der Waals surface area contributed by atoms with Gasteiger partial charge in [0.25, 0.3) is 15.9 Å². The Bertz CT molecular complexity index is 1000. The number of benzene rings is 2. The molecular formula is C18H18N2O6S. The summed E-state index contributed by atoms with van der Waals surface area (Å²) in [6, 6.07) is 11.2. The van der Waals surface area contributed by atoms with Crippen molar-refractivity contribution in [3.63, 3.8) is 0 Å². The maximum Gasteiger partial charge on any atom is 0.342 e. The summed E-state index contributed by atoms with van der Waals surface area (Å²) in [4.78, 5) is 22.9. The third kappa shape index (κ3) is 3.59. The molecular weight excluding hydrogens is 372 g/mol. The predicted octanol–water partition coefficient (Wildman–Crippen LogP) is 1.09. The molecule has 0 aromatic heterocycles. The monoisotopic (exact) mass is 390 g/mol. The van der Waals surface area contributed by atoms with Gasteiger partial charge in [-0.05, 0) is 36.2 Å². The Morgan fingerprint density at radius 2 is 1.93 bits per heavy atom. The van der Waals surface area contributed by atoms with Crippen molar-refractivity contribution >= 4 is 27.6 Å². The van der Waals surface area contributed by atoms with Crippen LogP contribution in [0.2, 0.25) is 0 Å². The molecule has 1 amide bonds. The van der Waals surface area contributed by atoms with Crippen molar-refractivity contribution in [1.29, 1.82) is 0 Å². The van der Waals surface area contributed by atoms with Crippen LogP contribution in [0.15, 0.2) is 47.4 Å². The molecule has 2 N–H and O–H groups in total. The van der Waals surface area contributed by atoms with Crippen molar-refractivity contribution in [1.82, 2.24) is 0 Å². The van der Waals surface area contributed by atoms with E-state index in [4.69, 9.17) is 15.2 Å². The molecule has 2 aromatic carbocycles. The topological polar surface area (TPSA) is 116 Å². The molecule has 3 rings (SSSR count). The van der Waals surface area contributed by atoms with Crippen LogP contribution in [0.5, 0.6) is 5.75 Å². The number of para-hydroxylation sites is 1. The van der Waals surface area contributed by atoms with Crippen LogP contribution < -0.4 is 14.8 Å². The number of ether oxygens (including phenoxy) is 2. The molecule has 27 heavy (non-hydrogen) atoms. The maximum atomic E-state index is 13.1. The Hall–Kier alpha value is -3.07. The van der Waals surface area contributed by atoms with Crippen LogP contribution in [0.3, 0.4) is 0 Å². The summed E-state index contributed by atoms with van der Waals surface area (Å²) < 4.78 is 37.4. The van der Waals surface area contributed by atoms with Crippen LogP contribution in [0.25, 0.3) is 0 Å². The van der Waals surface area contributed by atoms with Crippen LogP contribution >= 0.6 is 0 Å². The number of sulfonamides is 1. The number of methoxy groups -OCH3 is 1. The lowest BCUT2D eigenvalue weighted by Crippen LogP contribution is -2.29. The largest absolute Gasteiger partial charge is 0.496 e. The van der Waals surface area contributed by atoms with Crippen molar-refractivity contribution in [2.24, 2.45) is 5.73 Å². The zero-order valence-electron chi connectivity index (χ0n) is 14.5. The van der Waals surface area contributed by atoms with Gasteiger partial charge in [-0.3, -0.25) is 9.10 Å². The van der Waals surface area contributed by atoms with Gasteiger partial charge in [-0.2, -0.15) is 0 Å². The lowest BCUT2D eigenvalue weighted by Gasteiger charge is -2.20. The molecule has 8 nitrogen and oxygen atoms in total. The van der Waals surface area contributed by atoms with E-state index >= 15 is 0 Å². The second kappa shape index (κ2) is 7.28. The first-order chi connectivity index (χ1) is 12.8. The fourth-order valence-electron chi connectivity index (χ4n) is 2.91. The normalized spacial score (nSPS) is 13.1. The fraction of sp³-hybridized carbons (Fsp3) is 0.222. The quantitative estimate of drug-likeness (QED) is 0.738. The van der Waals surface area contributed by atoms with E-state index in [1.807, 2.05) is 12.1 Å². The third-order valence-electron chi connectivity index (χ3n) is 4.17. The first-order valence-electron chi connectivity index (χ1n) is 8.08. The second-order valence-corrected chi connectivity index (χ2v) is 7.72. The highest BCUT2D eigenvalue weighted by molar-refractivity contribution is 7.92. The minimum absolute atomic E-state index is 0.0778. The van der Waals surface area contributed by atoms with Crippen molar-refractivity contribution < 1.29 is 27.5 Å². The smallest absolute Gasteiger partial charge is 0.342 e. The van der Waals surface area contributed by atoms with Gasteiger partial charge in [-0.25, -0.2) is 13.2 Å². The molecule has 0 saturated carbocycles. The zero-order valence-corrected chi connectivity index (χ0v) is 15.4. The van der Waals surface area contributed by atoms with Gasteiger partial charge < -0.3 is 15.2 Å². The van der Waals surface area contributed by atoms with Crippen molar-refractivity contribution in [2.45, 2.75) is 11.3 Å². The number of amides is 1. The number of hydrogen-bond acceptors (Lipinski definition) is 6. The Morgan fingerprint density at radius 1 is 1.19 bits per heavy atom. The van der Waals surface area contributed by atoms with Gasteiger partial charge in [-0.15, -0.1) is 0 Å². The van der Waals surface area contributed by atoms with Crippen LogP contribution in [-0.2, 0) is 26.0 Å². The highest BCUT2D eigenvalue weighted by atomic mass is 32.2. The lowest BCUT2D eigenvalue weighted by atomic mass is 10.2. The summed E-state index contributed by atoms with van der Waals surface area (Å²) in [7, 11) is -2.55. The van der Waals surface area contributed by atoms with E-state index in [1.54, 1.807) is 12.1 Å². The van der Waals surface area contributed by atoms with Crippen LogP contribution in [0, 0.1) is 0 Å². The Kier molecular flexibility index (Phi) is 5.04. The van der Waals surface area contributed by atoms with Crippen molar-refractivity contribution in [3.05, 3.63) is 53.6 Å². The second-order valence-electron chi connectivity index (χ2n) is 5.86. The maximum absolute atomic E-state index is 13.1. The molecule has 2 aromatic rings. The molecule has 142 valence electrons. The van der Waals surface area contributed by atoms with Gasteiger partial charge >= 0.3 is 5.97 Å². The number of carbonyl (C=O) groups excluding carboxylic acids is 2. The number of carbonyl (C=O) groups is 2. The van der Waals surface area contributed by atoms with Crippen LogP contribution in [0.1, 0.15) is 15.9 Å².